The van der Waals surface area contributed by atoms with Crippen LogP contribution in [0.3, 0.4) is 0 Å². The minimum atomic E-state index is -0.732. The summed E-state index contributed by atoms with van der Waals surface area (Å²) in [5, 5.41) is 9.08. The fourth-order valence-corrected chi connectivity index (χ4v) is 4.12. The minimum Gasteiger partial charge on any atom is -0.397 e. The summed E-state index contributed by atoms with van der Waals surface area (Å²) in [6.07, 6.45) is 3.75. The van der Waals surface area contributed by atoms with Crippen LogP contribution in [0.15, 0.2) is 75.0 Å². The van der Waals surface area contributed by atoms with Gasteiger partial charge in [-0.3, -0.25) is 9.79 Å². The minimum absolute atomic E-state index is 0.00697. The Bertz CT molecular complexity index is 995. The van der Waals surface area contributed by atoms with E-state index in [4.69, 9.17) is 22.5 Å². The van der Waals surface area contributed by atoms with Gasteiger partial charge in [0.2, 0.25) is 0 Å². The molecule has 8 heteroatoms. The molecule has 2 aromatic carbocycles. The molecule has 1 fully saturated rings. The molecule has 1 amide bonds. The first kappa shape index (κ1) is 21.3. The predicted molar refractivity (Wildman–Crippen MR) is 119 cm³/mol. The molecule has 1 atom stereocenters. The van der Waals surface area contributed by atoms with Gasteiger partial charge in [-0.15, -0.1) is 0 Å². The molecule has 30 heavy (non-hydrogen) atoms. The Morgan fingerprint density at radius 2 is 1.73 bits per heavy atom. The van der Waals surface area contributed by atoms with Crippen LogP contribution in [0.2, 0.25) is 0 Å². The molecule has 1 aliphatic heterocycles. The van der Waals surface area contributed by atoms with Crippen molar-refractivity contribution in [1.82, 2.24) is 4.90 Å². The summed E-state index contributed by atoms with van der Waals surface area (Å²) in [7, 11) is 0. The lowest BCUT2D eigenvalue weighted by Gasteiger charge is -2.26. The molecule has 2 aromatic rings. The Morgan fingerprint density at radius 1 is 1.07 bits per heavy atom. The highest BCUT2D eigenvalue weighted by Crippen LogP contribution is 2.28. The number of carbonyl (C=O) groups is 1. The first-order valence-corrected chi connectivity index (χ1v) is 10.4. The number of primary amides is 1. The summed E-state index contributed by atoms with van der Waals surface area (Å²) >= 11 is 1.63. The molecule has 0 aromatic heterocycles. The number of hydrogen-bond acceptors (Lipinski definition) is 6. The van der Waals surface area contributed by atoms with E-state index in [2.05, 4.69) is 11.2 Å². The lowest BCUT2D eigenvalue weighted by Crippen LogP contribution is -2.37. The maximum Gasteiger partial charge on any atom is 0.254 e. The smallest absolute Gasteiger partial charge is 0.254 e. The Hall–Kier alpha value is -3.44. The zero-order valence-corrected chi connectivity index (χ0v) is 17.3. The van der Waals surface area contributed by atoms with Crippen LogP contribution in [0.4, 0.5) is 0 Å². The number of amidine groups is 1. The summed E-state index contributed by atoms with van der Waals surface area (Å²) in [5.74, 6) is -0.725. The van der Waals surface area contributed by atoms with E-state index in [-0.39, 0.29) is 23.1 Å². The molecule has 6 N–H and O–H groups in total. The fourth-order valence-electron chi connectivity index (χ4n) is 3.28. The highest BCUT2D eigenvalue weighted by atomic mass is 32.2. The van der Waals surface area contributed by atoms with Crippen LogP contribution >= 0.6 is 11.8 Å². The number of piperidine rings is 1. The lowest BCUT2D eigenvalue weighted by molar-refractivity contribution is -0.114. The van der Waals surface area contributed by atoms with Crippen molar-refractivity contribution >= 4 is 29.2 Å². The van der Waals surface area contributed by atoms with Gasteiger partial charge in [-0.2, -0.15) is 5.26 Å². The maximum absolute atomic E-state index is 12.1. The first-order valence-electron chi connectivity index (χ1n) is 9.59. The molecule has 154 valence electrons. The number of amides is 1. The van der Waals surface area contributed by atoms with E-state index in [0.717, 1.165) is 22.6 Å². The summed E-state index contributed by atoms with van der Waals surface area (Å²) < 4.78 is 0. The number of benzene rings is 2. The first-order chi connectivity index (χ1) is 14.5. The van der Waals surface area contributed by atoms with E-state index in [1.165, 1.54) is 0 Å². The number of aliphatic imine (C=N–C) groups is 1. The Balaban J connectivity index is 1.82. The third kappa shape index (κ3) is 5.33. The van der Waals surface area contributed by atoms with E-state index < -0.39 is 5.91 Å². The molecule has 1 heterocycles. The summed E-state index contributed by atoms with van der Waals surface area (Å²) in [4.78, 5) is 20.3. The van der Waals surface area contributed by atoms with E-state index in [9.17, 15) is 4.79 Å². The maximum atomic E-state index is 12.1. The number of hydrogen-bond donors (Lipinski definition) is 3. The van der Waals surface area contributed by atoms with Gasteiger partial charge in [0.05, 0.1) is 18.3 Å². The van der Waals surface area contributed by atoms with Gasteiger partial charge in [0.25, 0.3) is 5.91 Å². The van der Waals surface area contributed by atoms with Crippen LogP contribution in [0.25, 0.3) is 5.70 Å². The second kappa shape index (κ2) is 9.85. The van der Waals surface area contributed by atoms with Crippen LogP contribution in [0.5, 0.6) is 0 Å². The summed E-state index contributed by atoms with van der Waals surface area (Å²) in [6, 6.07) is 17.4. The summed E-state index contributed by atoms with van der Waals surface area (Å²) in [5.41, 5.74) is 18.8. The molecule has 1 aliphatic rings. The molecule has 1 saturated heterocycles. The fraction of sp³-hybridized carbons (Fsp3) is 0.227. The van der Waals surface area contributed by atoms with Gasteiger partial charge in [-0.05, 0) is 42.7 Å². The van der Waals surface area contributed by atoms with Gasteiger partial charge in [-0.1, -0.05) is 42.1 Å². The van der Waals surface area contributed by atoms with E-state index in [0.29, 0.717) is 18.7 Å². The van der Waals surface area contributed by atoms with Crippen molar-refractivity contribution in [1.29, 1.82) is 5.26 Å². The van der Waals surface area contributed by atoms with Crippen molar-refractivity contribution in [2.75, 3.05) is 13.1 Å². The van der Waals surface area contributed by atoms with Gasteiger partial charge in [0.15, 0.2) is 6.19 Å². The van der Waals surface area contributed by atoms with Crippen LogP contribution < -0.4 is 17.2 Å². The molecule has 7 nitrogen and oxygen atoms in total. The van der Waals surface area contributed by atoms with Crippen molar-refractivity contribution in [2.24, 2.45) is 22.2 Å². The van der Waals surface area contributed by atoms with Crippen molar-refractivity contribution < 1.29 is 4.79 Å². The Morgan fingerprint density at radius 3 is 2.37 bits per heavy atom. The SMILES string of the molecule is N#CN1CCCC(N=C(N)C(C(N)=O)=C(N)c2ccc(Sc3ccccc3)cc2)C1. The predicted octanol–water partition coefficient (Wildman–Crippen LogP) is 2.30. The molecule has 0 saturated carbocycles. The Labute approximate surface area is 180 Å². The largest absolute Gasteiger partial charge is 0.397 e. The third-order valence-electron chi connectivity index (χ3n) is 4.78. The number of nitriles is 1. The van der Waals surface area contributed by atoms with Gasteiger partial charge in [-0.25, -0.2) is 0 Å². The van der Waals surface area contributed by atoms with Crippen molar-refractivity contribution in [3.05, 3.63) is 65.7 Å². The van der Waals surface area contributed by atoms with E-state index in [1.54, 1.807) is 16.7 Å². The van der Waals surface area contributed by atoms with Gasteiger partial charge in [0, 0.05) is 16.3 Å². The van der Waals surface area contributed by atoms with Crippen LogP contribution in [0, 0.1) is 11.5 Å². The van der Waals surface area contributed by atoms with Crippen molar-refractivity contribution in [3.63, 3.8) is 0 Å². The molecule has 0 bridgehead atoms. The van der Waals surface area contributed by atoms with Gasteiger partial charge in [0.1, 0.15) is 11.4 Å². The molecule has 1 unspecified atom stereocenters. The Kier molecular flexibility index (Phi) is 6.99. The quantitative estimate of drug-likeness (QED) is 0.284. The highest BCUT2D eigenvalue weighted by molar-refractivity contribution is 7.99. The third-order valence-corrected chi connectivity index (χ3v) is 5.79. The van der Waals surface area contributed by atoms with Crippen LogP contribution in [-0.2, 0) is 4.79 Å². The van der Waals surface area contributed by atoms with E-state index in [1.807, 2.05) is 54.6 Å². The summed E-state index contributed by atoms with van der Waals surface area (Å²) in [6.45, 7) is 1.17. The number of nitrogens with two attached hydrogens (primary N) is 3. The molecule has 0 spiro atoms. The standard InChI is InChI=1S/C22H24N6OS/c23-14-28-12-4-5-16(13-28)27-21(25)19(22(26)29)20(24)15-8-10-18(11-9-15)30-17-6-2-1-3-7-17/h1-3,6-11,16H,4-5,12-13,24H2,(H2,25,27)(H2,26,29). The monoisotopic (exact) mass is 420 g/mol. The average Bonchev–Trinajstić information content (AvgIpc) is 2.75. The zero-order chi connectivity index (χ0) is 21.5. The van der Waals surface area contributed by atoms with E-state index >= 15 is 0 Å². The van der Waals surface area contributed by atoms with Gasteiger partial charge < -0.3 is 22.1 Å². The lowest BCUT2D eigenvalue weighted by atomic mass is 10.0. The number of carbonyl (C=O) groups excluding carboxylic acids is 1. The van der Waals surface area contributed by atoms with Crippen molar-refractivity contribution in [3.8, 4) is 6.19 Å². The topological polar surface area (TPSA) is 135 Å². The van der Waals surface area contributed by atoms with Crippen molar-refractivity contribution in [2.45, 2.75) is 28.7 Å². The molecule has 0 aliphatic carbocycles. The molecule has 0 radical (unpaired) electrons. The normalized spacial score (nSPS) is 17.8. The molecular weight excluding hydrogens is 396 g/mol. The van der Waals surface area contributed by atoms with Crippen LogP contribution in [0.1, 0.15) is 18.4 Å². The van der Waals surface area contributed by atoms with Gasteiger partial charge >= 0.3 is 0 Å². The molecule has 3 rings (SSSR count). The number of likely N-dealkylation sites (tertiary alicyclic amines) is 1. The average molecular weight is 421 g/mol. The second-order valence-corrected chi connectivity index (χ2v) is 8.10. The second-order valence-electron chi connectivity index (χ2n) is 6.95. The molecular formula is C22H24N6OS. The van der Waals surface area contributed by atoms with Crippen LogP contribution in [-0.4, -0.2) is 35.8 Å². The number of nitrogens with zero attached hydrogens (tertiary/aromatic N) is 3. The number of rotatable bonds is 6. The highest BCUT2D eigenvalue weighted by Gasteiger charge is 2.22. The zero-order valence-electron chi connectivity index (χ0n) is 16.5.